The molecule has 0 unspecified atom stereocenters. The lowest BCUT2D eigenvalue weighted by Crippen LogP contribution is -2.48. The number of carbonyl (C=O) groups excluding carboxylic acids is 1. The van der Waals surface area contributed by atoms with Crippen LogP contribution in [0, 0.1) is 0 Å². The lowest BCUT2D eigenvalue weighted by molar-refractivity contribution is -0.123. The minimum Gasteiger partial charge on any atom is -0.386 e. The molecule has 1 aromatic heterocycles. The molecule has 7 heteroatoms. The van der Waals surface area contributed by atoms with E-state index in [1.807, 2.05) is 11.9 Å². The highest BCUT2D eigenvalue weighted by Gasteiger charge is 2.37. The first-order chi connectivity index (χ1) is 11.6. The molecule has 1 amide bonds. The maximum Gasteiger partial charge on any atom is 0.234 e. The van der Waals surface area contributed by atoms with Crippen LogP contribution in [-0.4, -0.2) is 70.8 Å². The highest BCUT2D eigenvalue weighted by Crippen LogP contribution is 2.24. The van der Waals surface area contributed by atoms with Crippen molar-refractivity contribution < 1.29 is 9.90 Å². The van der Waals surface area contributed by atoms with Crippen LogP contribution >= 0.6 is 0 Å². The summed E-state index contributed by atoms with van der Waals surface area (Å²) in [5.41, 5.74) is -0.916. The molecule has 1 aromatic rings. The molecule has 2 fully saturated rings. The summed E-state index contributed by atoms with van der Waals surface area (Å²) in [7, 11) is 2.01. The van der Waals surface area contributed by atoms with Crippen molar-refractivity contribution >= 4 is 11.9 Å². The van der Waals surface area contributed by atoms with Gasteiger partial charge in [-0.25, -0.2) is 9.97 Å². The normalized spacial score (nSPS) is 24.7. The van der Waals surface area contributed by atoms with E-state index < -0.39 is 5.60 Å². The molecule has 1 aliphatic carbocycles. The predicted octanol–water partition coefficient (Wildman–Crippen LogP) is 0.408. The number of aromatic nitrogens is 2. The Morgan fingerprint density at radius 1 is 1.42 bits per heavy atom. The second-order valence-electron chi connectivity index (χ2n) is 7.07. The van der Waals surface area contributed by atoms with Crippen molar-refractivity contribution in [1.29, 1.82) is 0 Å². The Bertz CT molecular complexity index is 549. The van der Waals surface area contributed by atoms with Crippen LogP contribution < -0.4 is 10.2 Å². The fourth-order valence-corrected chi connectivity index (χ4v) is 3.65. The third-order valence-corrected chi connectivity index (χ3v) is 5.12. The van der Waals surface area contributed by atoms with Crippen LogP contribution in [0.4, 0.5) is 5.95 Å². The zero-order chi connectivity index (χ0) is 17.0. The minimum absolute atomic E-state index is 0.0211. The summed E-state index contributed by atoms with van der Waals surface area (Å²) in [6.07, 6.45) is 8.87. The number of β-amino-alcohol motifs (C(OH)–C–C–N with tert-alkyl or cyclic N) is 1. The Kier molecular flexibility index (Phi) is 5.30. The molecule has 132 valence electrons. The van der Waals surface area contributed by atoms with E-state index in [2.05, 4.69) is 20.2 Å². The molecular weight excluding hydrogens is 306 g/mol. The van der Waals surface area contributed by atoms with Crippen LogP contribution in [0.1, 0.15) is 32.1 Å². The molecule has 1 saturated carbocycles. The van der Waals surface area contributed by atoms with Crippen LogP contribution in [0.25, 0.3) is 0 Å². The number of likely N-dealkylation sites (N-methyl/N-ethyl adjacent to an activating group) is 1. The average Bonchev–Trinajstić information content (AvgIpc) is 3.24. The number of nitrogens with zero attached hydrogens (tertiary/aromatic N) is 4. The van der Waals surface area contributed by atoms with Crippen LogP contribution in [-0.2, 0) is 4.79 Å². The Morgan fingerprint density at radius 3 is 2.83 bits per heavy atom. The highest BCUT2D eigenvalue weighted by atomic mass is 16.3. The van der Waals surface area contributed by atoms with E-state index in [1.165, 1.54) is 25.7 Å². The van der Waals surface area contributed by atoms with Gasteiger partial charge >= 0.3 is 0 Å². The first-order valence-electron chi connectivity index (χ1n) is 8.77. The molecule has 24 heavy (non-hydrogen) atoms. The third kappa shape index (κ3) is 4.21. The molecule has 1 atom stereocenters. The van der Waals surface area contributed by atoms with E-state index in [0.29, 0.717) is 38.0 Å². The second-order valence-corrected chi connectivity index (χ2v) is 7.07. The Hall–Kier alpha value is -1.73. The molecule has 0 radical (unpaired) electrons. The number of aliphatic hydroxyl groups is 1. The Balaban J connectivity index is 1.45. The first kappa shape index (κ1) is 17.1. The van der Waals surface area contributed by atoms with Gasteiger partial charge in [0.2, 0.25) is 11.9 Å². The van der Waals surface area contributed by atoms with Crippen molar-refractivity contribution in [1.82, 2.24) is 20.2 Å². The Morgan fingerprint density at radius 2 is 2.12 bits per heavy atom. The van der Waals surface area contributed by atoms with Crippen LogP contribution in [0.15, 0.2) is 18.5 Å². The minimum atomic E-state index is -0.916. The van der Waals surface area contributed by atoms with E-state index in [0.717, 1.165) is 0 Å². The molecule has 7 nitrogen and oxygen atoms in total. The fourth-order valence-electron chi connectivity index (χ4n) is 3.65. The van der Waals surface area contributed by atoms with Crippen LogP contribution in [0.2, 0.25) is 0 Å². The number of nitrogens with one attached hydrogen (secondary N) is 1. The number of anilines is 1. The SMILES string of the molecule is CN(CC(=O)NC[C@@]1(O)CCN(c2ncccn2)C1)C1CCCC1. The number of hydrogen-bond donors (Lipinski definition) is 2. The van der Waals surface area contributed by atoms with Crippen LogP contribution in [0.3, 0.4) is 0 Å². The van der Waals surface area contributed by atoms with Gasteiger partial charge in [0.15, 0.2) is 0 Å². The van der Waals surface area contributed by atoms with E-state index >= 15 is 0 Å². The summed E-state index contributed by atoms with van der Waals surface area (Å²) in [6.45, 7) is 1.80. The predicted molar refractivity (Wildman–Crippen MR) is 91.7 cm³/mol. The zero-order valence-electron chi connectivity index (χ0n) is 14.3. The molecule has 2 N–H and O–H groups in total. The summed E-state index contributed by atoms with van der Waals surface area (Å²) >= 11 is 0. The lowest BCUT2D eigenvalue weighted by atomic mass is 10.0. The van der Waals surface area contributed by atoms with Gasteiger partial charge in [-0.05, 0) is 32.4 Å². The summed E-state index contributed by atoms with van der Waals surface area (Å²) in [6, 6.07) is 2.29. The van der Waals surface area contributed by atoms with Gasteiger partial charge in [0.1, 0.15) is 5.60 Å². The third-order valence-electron chi connectivity index (χ3n) is 5.12. The van der Waals surface area contributed by atoms with Crippen molar-refractivity contribution in [2.24, 2.45) is 0 Å². The van der Waals surface area contributed by atoms with Crippen molar-refractivity contribution in [2.75, 3.05) is 38.1 Å². The maximum atomic E-state index is 12.2. The van der Waals surface area contributed by atoms with Gasteiger partial charge in [-0.2, -0.15) is 0 Å². The van der Waals surface area contributed by atoms with Crippen molar-refractivity contribution in [2.45, 2.75) is 43.7 Å². The molecule has 0 spiro atoms. The number of amides is 1. The van der Waals surface area contributed by atoms with Gasteiger partial charge in [0.25, 0.3) is 0 Å². The molecule has 2 aliphatic rings. The molecule has 0 aromatic carbocycles. The highest BCUT2D eigenvalue weighted by molar-refractivity contribution is 5.78. The van der Waals surface area contributed by atoms with E-state index in [4.69, 9.17) is 0 Å². The van der Waals surface area contributed by atoms with Gasteiger partial charge in [-0.1, -0.05) is 12.8 Å². The van der Waals surface area contributed by atoms with Crippen molar-refractivity contribution in [3.05, 3.63) is 18.5 Å². The number of carbonyl (C=O) groups is 1. The maximum absolute atomic E-state index is 12.2. The average molecular weight is 333 g/mol. The van der Waals surface area contributed by atoms with E-state index in [-0.39, 0.29) is 12.5 Å². The summed E-state index contributed by atoms with van der Waals surface area (Å²) in [4.78, 5) is 24.7. The number of hydrogen-bond acceptors (Lipinski definition) is 6. The molecular formula is C17H27N5O2. The molecule has 1 aliphatic heterocycles. The standard InChI is InChI=1S/C17H27N5O2/c1-21(14-5-2-3-6-14)11-15(23)20-12-17(24)7-10-22(13-17)16-18-8-4-9-19-16/h4,8-9,14,24H,2-3,5-7,10-13H2,1H3,(H,20,23)/t17-/m0/s1. The largest absolute Gasteiger partial charge is 0.386 e. The molecule has 2 heterocycles. The van der Waals surface area contributed by atoms with Gasteiger partial charge in [0.05, 0.1) is 13.1 Å². The fraction of sp³-hybridized carbons (Fsp3) is 0.706. The van der Waals surface area contributed by atoms with Gasteiger partial charge < -0.3 is 15.3 Å². The summed E-state index contributed by atoms with van der Waals surface area (Å²) in [5.74, 6) is 0.605. The monoisotopic (exact) mass is 333 g/mol. The quantitative estimate of drug-likeness (QED) is 0.785. The van der Waals surface area contributed by atoms with E-state index in [1.54, 1.807) is 18.5 Å². The molecule has 0 bridgehead atoms. The van der Waals surface area contributed by atoms with Crippen LogP contribution in [0.5, 0.6) is 0 Å². The van der Waals surface area contributed by atoms with Gasteiger partial charge in [0, 0.05) is 31.5 Å². The topological polar surface area (TPSA) is 81.6 Å². The van der Waals surface area contributed by atoms with Crippen molar-refractivity contribution in [3.63, 3.8) is 0 Å². The lowest BCUT2D eigenvalue weighted by Gasteiger charge is -2.26. The Labute approximate surface area is 143 Å². The molecule has 1 saturated heterocycles. The van der Waals surface area contributed by atoms with Gasteiger partial charge in [-0.15, -0.1) is 0 Å². The van der Waals surface area contributed by atoms with E-state index in [9.17, 15) is 9.90 Å². The number of rotatable bonds is 6. The zero-order valence-corrected chi connectivity index (χ0v) is 14.3. The van der Waals surface area contributed by atoms with Crippen molar-refractivity contribution in [3.8, 4) is 0 Å². The summed E-state index contributed by atoms with van der Waals surface area (Å²) in [5, 5.41) is 13.6. The molecule has 3 rings (SSSR count). The smallest absolute Gasteiger partial charge is 0.234 e. The van der Waals surface area contributed by atoms with Gasteiger partial charge in [-0.3, -0.25) is 9.69 Å². The summed E-state index contributed by atoms with van der Waals surface area (Å²) < 4.78 is 0. The second kappa shape index (κ2) is 7.44. The first-order valence-corrected chi connectivity index (χ1v) is 8.77.